The van der Waals surface area contributed by atoms with E-state index in [9.17, 15) is 14.4 Å². The third-order valence-electron chi connectivity index (χ3n) is 5.16. The maximum absolute atomic E-state index is 12.7. The molecule has 0 unspecified atom stereocenters. The van der Waals surface area contributed by atoms with Crippen LogP contribution in [0, 0.1) is 0 Å². The number of hydrogen-bond donors (Lipinski definition) is 1. The Morgan fingerprint density at radius 1 is 0.906 bits per heavy atom. The first-order valence-electron chi connectivity index (χ1n) is 10.3. The number of carbonyl (C=O) groups excluding carboxylic acids is 3. The molecule has 0 aliphatic carbocycles. The molecule has 2 aromatic carbocycles. The Morgan fingerprint density at radius 3 is 2.06 bits per heavy atom. The molecular weight excluding hydrogens is 410 g/mol. The summed E-state index contributed by atoms with van der Waals surface area (Å²) in [6, 6.07) is 14.1. The molecule has 32 heavy (non-hydrogen) atoms. The van der Waals surface area contributed by atoms with Crippen LogP contribution in [0.15, 0.2) is 54.6 Å². The van der Waals surface area contributed by atoms with Gasteiger partial charge < -0.3 is 19.7 Å². The Kier molecular flexibility index (Phi) is 7.99. The fourth-order valence-electron chi connectivity index (χ4n) is 3.41. The molecule has 1 fully saturated rings. The average Bonchev–Trinajstić information content (AvgIpc) is 2.83. The minimum absolute atomic E-state index is 0.153. The first-order chi connectivity index (χ1) is 15.5. The van der Waals surface area contributed by atoms with E-state index in [0.29, 0.717) is 18.8 Å². The topological polar surface area (TPSA) is 88.2 Å². The number of esters is 2. The third kappa shape index (κ3) is 6.18. The highest BCUT2D eigenvalue weighted by Crippen LogP contribution is 2.18. The van der Waals surface area contributed by atoms with Gasteiger partial charge in [0, 0.05) is 38.4 Å². The van der Waals surface area contributed by atoms with Gasteiger partial charge in [0.2, 0.25) is 0 Å². The van der Waals surface area contributed by atoms with Gasteiger partial charge in [-0.2, -0.15) is 0 Å². The van der Waals surface area contributed by atoms with Gasteiger partial charge in [0.05, 0.1) is 25.3 Å². The normalized spacial score (nSPS) is 14.2. The fraction of sp³-hybridized carbons (Fsp3) is 0.292. The van der Waals surface area contributed by atoms with E-state index in [1.807, 2.05) is 18.2 Å². The summed E-state index contributed by atoms with van der Waals surface area (Å²) < 4.78 is 9.46. The molecule has 1 heterocycles. The number of urea groups is 1. The Balaban J connectivity index is 1.57. The number of carbonyl (C=O) groups is 3. The van der Waals surface area contributed by atoms with E-state index in [-0.39, 0.29) is 17.2 Å². The molecular formula is C24H27N3O5. The number of ether oxygens (including phenoxy) is 2. The maximum atomic E-state index is 12.7. The molecule has 1 saturated heterocycles. The van der Waals surface area contributed by atoms with Crippen molar-refractivity contribution in [3.63, 3.8) is 0 Å². The van der Waals surface area contributed by atoms with E-state index < -0.39 is 11.9 Å². The zero-order valence-corrected chi connectivity index (χ0v) is 18.2. The van der Waals surface area contributed by atoms with E-state index >= 15 is 0 Å². The molecule has 2 amide bonds. The van der Waals surface area contributed by atoms with Crippen molar-refractivity contribution in [2.24, 2.45) is 0 Å². The summed E-state index contributed by atoms with van der Waals surface area (Å²) in [5.74, 6) is -1.22. The summed E-state index contributed by atoms with van der Waals surface area (Å²) in [7, 11) is 2.50. The van der Waals surface area contributed by atoms with Crippen molar-refractivity contribution in [1.82, 2.24) is 9.80 Å². The van der Waals surface area contributed by atoms with Crippen LogP contribution in [0.1, 0.15) is 26.3 Å². The SMILES string of the molecule is COC(=O)c1cc(NC(=O)N2CCN(CC=Cc3ccccc3)CC2)cc(C(=O)OC)c1. The molecule has 2 aromatic rings. The second-order valence-corrected chi connectivity index (χ2v) is 7.31. The molecule has 0 radical (unpaired) electrons. The van der Waals surface area contributed by atoms with E-state index in [4.69, 9.17) is 9.47 Å². The van der Waals surface area contributed by atoms with Gasteiger partial charge in [-0.3, -0.25) is 4.90 Å². The standard InChI is InChI=1S/C24H27N3O5/c1-31-22(28)19-15-20(23(29)32-2)17-21(16-19)25-24(30)27-13-11-26(12-14-27)10-6-9-18-7-4-3-5-8-18/h3-9,15-17H,10-14H2,1-2H3,(H,25,30). The first-order valence-corrected chi connectivity index (χ1v) is 10.3. The van der Waals surface area contributed by atoms with Gasteiger partial charge in [0.25, 0.3) is 0 Å². The molecule has 0 spiro atoms. The van der Waals surface area contributed by atoms with Crippen LogP contribution < -0.4 is 5.32 Å². The molecule has 8 heteroatoms. The van der Waals surface area contributed by atoms with Gasteiger partial charge in [-0.15, -0.1) is 0 Å². The van der Waals surface area contributed by atoms with Crippen molar-refractivity contribution in [1.29, 1.82) is 0 Å². The molecule has 1 N–H and O–H groups in total. The molecule has 0 bridgehead atoms. The van der Waals surface area contributed by atoms with E-state index in [1.54, 1.807) is 4.90 Å². The number of benzene rings is 2. The summed E-state index contributed by atoms with van der Waals surface area (Å²) in [5.41, 5.74) is 1.79. The molecule has 0 aromatic heterocycles. The molecule has 0 atom stereocenters. The lowest BCUT2D eigenvalue weighted by Crippen LogP contribution is -2.49. The molecule has 8 nitrogen and oxygen atoms in total. The molecule has 1 aliphatic rings. The monoisotopic (exact) mass is 437 g/mol. The lowest BCUT2D eigenvalue weighted by atomic mass is 10.1. The van der Waals surface area contributed by atoms with Crippen molar-refractivity contribution < 1.29 is 23.9 Å². The summed E-state index contributed by atoms with van der Waals surface area (Å²) in [4.78, 5) is 40.5. The lowest BCUT2D eigenvalue weighted by molar-refractivity contribution is 0.0599. The largest absolute Gasteiger partial charge is 0.465 e. The second-order valence-electron chi connectivity index (χ2n) is 7.31. The Labute approximate surface area is 187 Å². The summed E-state index contributed by atoms with van der Waals surface area (Å²) in [6.07, 6.45) is 4.21. The van der Waals surface area contributed by atoms with Crippen molar-refractivity contribution >= 4 is 29.7 Å². The highest BCUT2D eigenvalue weighted by molar-refractivity contribution is 5.99. The van der Waals surface area contributed by atoms with E-state index in [2.05, 4.69) is 34.5 Å². The smallest absolute Gasteiger partial charge is 0.337 e. The first kappa shape index (κ1) is 23.0. The lowest BCUT2D eigenvalue weighted by Gasteiger charge is -2.34. The number of anilines is 1. The van der Waals surface area contributed by atoms with Gasteiger partial charge in [-0.1, -0.05) is 42.5 Å². The van der Waals surface area contributed by atoms with Gasteiger partial charge in [0.1, 0.15) is 0 Å². The zero-order valence-electron chi connectivity index (χ0n) is 18.2. The maximum Gasteiger partial charge on any atom is 0.337 e. The number of hydrogen-bond acceptors (Lipinski definition) is 6. The van der Waals surface area contributed by atoms with Gasteiger partial charge >= 0.3 is 18.0 Å². The number of piperazine rings is 1. The Morgan fingerprint density at radius 2 is 1.50 bits per heavy atom. The fourth-order valence-corrected chi connectivity index (χ4v) is 3.41. The van der Waals surface area contributed by atoms with Crippen LogP contribution >= 0.6 is 0 Å². The van der Waals surface area contributed by atoms with Gasteiger partial charge in [-0.05, 0) is 23.8 Å². The second kappa shape index (κ2) is 11.1. The average molecular weight is 437 g/mol. The summed E-state index contributed by atoms with van der Waals surface area (Å²) in [5, 5.41) is 2.77. The number of amides is 2. The highest BCUT2D eigenvalue weighted by Gasteiger charge is 2.21. The van der Waals surface area contributed by atoms with Crippen molar-refractivity contribution in [3.8, 4) is 0 Å². The van der Waals surface area contributed by atoms with E-state index in [0.717, 1.165) is 25.2 Å². The molecule has 1 aliphatic heterocycles. The highest BCUT2D eigenvalue weighted by atomic mass is 16.5. The van der Waals surface area contributed by atoms with Crippen LogP contribution in [-0.2, 0) is 9.47 Å². The number of methoxy groups -OCH3 is 2. The van der Waals surface area contributed by atoms with Crippen LogP contribution in [-0.4, -0.2) is 74.7 Å². The van der Waals surface area contributed by atoms with Crippen molar-refractivity contribution in [2.75, 3.05) is 52.3 Å². The van der Waals surface area contributed by atoms with Gasteiger partial charge in [0.15, 0.2) is 0 Å². The minimum Gasteiger partial charge on any atom is -0.465 e. The number of rotatable bonds is 6. The Hall–Kier alpha value is -3.65. The predicted octanol–water partition coefficient (Wildman–Crippen LogP) is 3.12. The van der Waals surface area contributed by atoms with Crippen LogP contribution in [0.5, 0.6) is 0 Å². The van der Waals surface area contributed by atoms with Crippen molar-refractivity contribution in [3.05, 3.63) is 71.3 Å². The Bertz CT molecular complexity index is 948. The van der Waals surface area contributed by atoms with Crippen LogP contribution in [0.3, 0.4) is 0 Å². The molecule has 0 saturated carbocycles. The number of nitrogens with one attached hydrogen (secondary N) is 1. The molecule has 168 valence electrons. The molecule has 3 rings (SSSR count). The van der Waals surface area contributed by atoms with Gasteiger partial charge in [-0.25, -0.2) is 14.4 Å². The van der Waals surface area contributed by atoms with Crippen LogP contribution in [0.25, 0.3) is 6.08 Å². The number of nitrogens with zero attached hydrogens (tertiary/aromatic N) is 2. The predicted molar refractivity (Wildman–Crippen MR) is 122 cm³/mol. The van der Waals surface area contributed by atoms with Crippen LogP contribution in [0.4, 0.5) is 10.5 Å². The quantitative estimate of drug-likeness (QED) is 0.699. The minimum atomic E-state index is -0.608. The van der Waals surface area contributed by atoms with Crippen LogP contribution in [0.2, 0.25) is 0 Å². The van der Waals surface area contributed by atoms with Crippen molar-refractivity contribution in [2.45, 2.75) is 0 Å². The van der Waals surface area contributed by atoms with E-state index in [1.165, 1.54) is 32.4 Å². The summed E-state index contributed by atoms with van der Waals surface area (Å²) >= 11 is 0. The zero-order chi connectivity index (χ0) is 22.9. The summed E-state index contributed by atoms with van der Waals surface area (Å²) in [6.45, 7) is 3.47. The third-order valence-corrected chi connectivity index (χ3v) is 5.16.